The number of nitrogens with one attached hydrogen (secondary N) is 1. The van der Waals surface area contributed by atoms with Gasteiger partial charge in [0.1, 0.15) is 5.52 Å². The van der Waals surface area contributed by atoms with Crippen LogP contribution in [0.25, 0.3) is 22.6 Å². The Morgan fingerprint density at radius 1 is 1.32 bits per heavy atom. The molecule has 3 aromatic rings. The van der Waals surface area contributed by atoms with Gasteiger partial charge in [-0.25, -0.2) is 4.98 Å². The zero-order valence-electron chi connectivity index (χ0n) is 12.5. The number of rotatable bonds is 4. The Morgan fingerprint density at radius 2 is 2.18 bits per heavy atom. The molecule has 0 aliphatic carbocycles. The van der Waals surface area contributed by atoms with Crippen LogP contribution in [0.15, 0.2) is 47.1 Å². The molecule has 2 aromatic heterocycles. The highest BCUT2D eigenvalue weighted by atomic mass is 16.3. The van der Waals surface area contributed by atoms with Gasteiger partial charge in [-0.15, -0.1) is 0 Å². The molecule has 0 radical (unpaired) electrons. The Balaban J connectivity index is 1.85. The van der Waals surface area contributed by atoms with Gasteiger partial charge in [-0.2, -0.15) is 0 Å². The van der Waals surface area contributed by atoms with E-state index in [4.69, 9.17) is 4.42 Å². The molecule has 0 fully saturated rings. The Hall–Kier alpha value is -2.69. The zero-order chi connectivity index (χ0) is 15.5. The number of carbonyl (C=O) groups is 1. The van der Waals surface area contributed by atoms with Crippen LogP contribution >= 0.6 is 0 Å². The molecule has 2 heterocycles. The van der Waals surface area contributed by atoms with E-state index in [1.807, 2.05) is 38.1 Å². The molecule has 5 heteroatoms. The summed E-state index contributed by atoms with van der Waals surface area (Å²) in [7, 11) is 0. The van der Waals surface area contributed by atoms with Gasteiger partial charge >= 0.3 is 0 Å². The molecule has 0 unspecified atom stereocenters. The molecule has 22 heavy (non-hydrogen) atoms. The first-order valence-corrected chi connectivity index (χ1v) is 7.22. The van der Waals surface area contributed by atoms with E-state index < -0.39 is 0 Å². The number of oxazole rings is 1. The van der Waals surface area contributed by atoms with Gasteiger partial charge in [0.05, 0.1) is 6.20 Å². The molecule has 1 aromatic carbocycles. The predicted molar refractivity (Wildman–Crippen MR) is 85.3 cm³/mol. The van der Waals surface area contributed by atoms with E-state index in [0.29, 0.717) is 29.3 Å². The van der Waals surface area contributed by atoms with Crippen molar-refractivity contribution in [3.05, 3.63) is 42.7 Å². The van der Waals surface area contributed by atoms with E-state index in [1.165, 1.54) is 0 Å². The summed E-state index contributed by atoms with van der Waals surface area (Å²) in [5, 5.41) is 2.90. The lowest BCUT2D eigenvalue weighted by molar-refractivity contribution is -0.116. The molecule has 1 N–H and O–H groups in total. The number of aromatic nitrogens is 2. The minimum absolute atomic E-state index is 0.00825. The number of nitrogens with zero attached hydrogens (tertiary/aromatic N) is 2. The highest BCUT2D eigenvalue weighted by Crippen LogP contribution is 2.25. The Kier molecular flexibility index (Phi) is 3.87. The second-order valence-electron chi connectivity index (χ2n) is 5.59. The molecule has 1 amide bonds. The fourth-order valence-electron chi connectivity index (χ4n) is 2.22. The SMILES string of the molecule is CC(C)CC(=O)Nc1cccc(-c2nc3cnccc3o2)c1. The van der Waals surface area contributed by atoms with Gasteiger partial charge in [-0.05, 0) is 24.1 Å². The maximum absolute atomic E-state index is 11.9. The van der Waals surface area contributed by atoms with E-state index >= 15 is 0 Å². The molecular weight excluding hydrogens is 278 g/mol. The summed E-state index contributed by atoms with van der Waals surface area (Å²) in [5.74, 6) is 0.851. The van der Waals surface area contributed by atoms with E-state index in [2.05, 4.69) is 15.3 Å². The first-order chi connectivity index (χ1) is 10.6. The lowest BCUT2D eigenvalue weighted by Gasteiger charge is -2.07. The van der Waals surface area contributed by atoms with Crippen LogP contribution in [0.2, 0.25) is 0 Å². The third kappa shape index (κ3) is 3.14. The van der Waals surface area contributed by atoms with Gasteiger partial charge < -0.3 is 9.73 Å². The Morgan fingerprint density at radius 3 is 2.95 bits per heavy atom. The fraction of sp³-hybridized carbons (Fsp3) is 0.235. The van der Waals surface area contributed by atoms with Crippen LogP contribution in [0.1, 0.15) is 20.3 Å². The molecule has 112 valence electrons. The molecule has 0 spiro atoms. The quantitative estimate of drug-likeness (QED) is 0.793. The van der Waals surface area contributed by atoms with Crippen LogP contribution in [0.3, 0.4) is 0 Å². The summed E-state index contributed by atoms with van der Waals surface area (Å²) in [6, 6.07) is 9.26. The fourth-order valence-corrected chi connectivity index (χ4v) is 2.22. The van der Waals surface area contributed by atoms with Crippen molar-refractivity contribution in [3.63, 3.8) is 0 Å². The summed E-state index contributed by atoms with van der Waals surface area (Å²) in [6.07, 6.45) is 3.83. The minimum Gasteiger partial charge on any atom is -0.436 e. The summed E-state index contributed by atoms with van der Waals surface area (Å²) in [4.78, 5) is 20.3. The van der Waals surface area contributed by atoms with Crippen molar-refractivity contribution in [2.45, 2.75) is 20.3 Å². The lowest BCUT2D eigenvalue weighted by Crippen LogP contribution is -2.13. The molecule has 3 rings (SSSR count). The van der Waals surface area contributed by atoms with Crippen molar-refractivity contribution in [2.75, 3.05) is 5.32 Å². The van der Waals surface area contributed by atoms with Crippen molar-refractivity contribution in [1.82, 2.24) is 9.97 Å². The molecule has 0 atom stereocenters. The lowest BCUT2D eigenvalue weighted by atomic mass is 10.1. The van der Waals surface area contributed by atoms with E-state index in [0.717, 1.165) is 11.3 Å². The second-order valence-corrected chi connectivity index (χ2v) is 5.59. The molecule has 5 nitrogen and oxygen atoms in total. The van der Waals surface area contributed by atoms with E-state index in [1.54, 1.807) is 18.5 Å². The number of amides is 1. The van der Waals surface area contributed by atoms with Crippen LogP contribution in [0.5, 0.6) is 0 Å². The van der Waals surface area contributed by atoms with Crippen molar-refractivity contribution in [1.29, 1.82) is 0 Å². The van der Waals surface area contributed by atoms with Crippen molar-refractivity contribution < 1.29 is 9.21 Å². The molecule has 0 saturated carbocycles. The number of hydrogen-bond acceptors (Lipinski definition) is 4. The Bertz CT molecular complexity index is 775. The second kappa shape index (κ2) is 5.97. The molecule has 0 saturated heterocycles. The monoisotopic (exact) mass is 295 g/mol. The highest BCUT2D eigenvalue weighted by molar-refractivity contribution is 5.91. The van der Waals surface area contributed by atoms with Crippen LogP contribution in [-0.4, -0.2) is 15.9 Å². The van der Waals surface area contributed by atoms with Gasteiger partial charge in [0, 0.05) is 29.9 Å². The molecule has 0 bridgehead atoms. The van der Waals surface area contributed by atoms with Gasteiger partial charge in [0.2, 0.25) is 11.8 Å². The number of pyridine rings is 1. The minimum atomic E-state index is 0.00825. The Labute approximate surface area is 128 Å². The normalized spacial score (nSPS) is 11.0. The van der Waals surface area contributed by atoms with Crippen LogP contribution in [0.4, 0.5) is 5.69 Å². The van der Waals surface area contributed by atoms with E-state index in [9.17, 15) is 4.79 Å². The average molecular weight is 295 g/mol. The number of carbonyl (C=O) groups excluding carboxylic acids is 1. The zero-order valence-corrected chi connectivity index (χ0v) is 12.5. The standard InChI is InChI=1S/C17H17N3O2/c1-11(2)8-16(21)19-13-5-3-4-12(9-13)17-20-14-10-18-7-6-15(14)22-17/h3-7,9-11H,8H2,1-2H3,(H,19,21). The molecule has 0 aliphatic heterocycles. The largest absolute Gasteiger partial charge is 0.436 e. The first-order valence-electron chi connectivity index (χ1n) is 7.22. The third-order valence-electron chi connectivity index (χ3n) is 3.18. The van der Waals surface area contributed by atoms with E-state index in [-0.39, 0.29) is 5.91 Å². The summed E-state index contributed by atoms with van der Waals surface area (Å²) in [6.45, 7) is 4.03. The summed E-state index contributed by atoms with van der Waals surface area (Å²) >= 11 is 0. The number of hydrogen-bond donors (Lipinski definition) is 1. The molecule has 0 aliphatic rings. The molecular formula is C17H17N3O2. The van der Waals surface area contributed by atoms with Gasteiger partial charge in [0.25, 0.3) is 0 Å². The smallest absolute Gasteiger partial charge is 0.227 e. The summed E-state index contributed by atoms with van der Waals surface area (Å²) in [5.41, 5.74) is 2.97. The third-order valence-corrected chi connectivity index (χ3v) is 3.18. The van der Waals surface area contributed by atoms with Gasteiger partial charge in [-0.3, -0.25) is 9.78 Å². The number of benzene rings is 1. The highest BCUT2D eigenvalue weighted by Gasteiger charge is 2.10. The van der Waals surface area contributed by atoms with Gasteiger partial charge in [0.15, 0.2) is 5.58 Å². The summed E-state index contributed by atoms with van der Waals surface area (Å²) < 4.78 is 5.71. The van der Waals surface area contributed by atoms with Gasteiger partial charge in [-0.1, -0.05) is 19.9 Å². The maximum Gasteiger partial charge on any atom is 0.227 e. The topological polar surface area (TPSA) is 68.0 Å². The van der Waals surface area contributed by atoms with Crippen molar-refractivity contribution in [3.8, 4) is 11.5 Å². The van der Waals surface area contributed by atoms with Crippen LogP contribution < -0.4 is 5.32 Å². The van der Waals surface area contributed by atoms with Crippen LogP contribution in [-0.2, 0) is 4.79 Å². The number of fused-ring (bicyclic) bond motifs is 1. The van der Waals surface area contributed by atoms with Crippen LogP contribution in [0, 0.1) is 5.92 Å². The predicted octanol–water partition coefficient (Wildman–Crippen LogP) is 3.87. The first kappa shape index (κ1) is 14.3. The van der Waals surface area contributed by atoms with Crippen molar-refractivity contribution in [2.24, 2.45) is 5.92 Å². The van der Waals surface area contributed by atoms with Crippen molar-refractivity contribution >= 4 is 22.7 Å². The number of anilines is 1. The average Bonchev–Trinajstić information content (AvgIpc) is 2.90. The maximum atomic E-state index is 11.9.